The molecule has 4 rings (SSSR count). The van der Waals surface area contributed by atoms with Gasteiger partial charge in [-0.05, 0) is 53.2 Å². The third-order valence-electron chi connectivity index (χ3n) is 3.70. The van der Waals surface area contributed by atoms with E-state index < -0.39 is 0 Å². The number of hydrazone groups is 1. The zero-order valence-electron chi connectivity index (χ0n) is 11.7. The molecular formula is C15H13BrN4S2. The van der Waals surface area contributed by atoms with Gasteiger partial charge in [0, 0.05) is 19.6 Å². The van der Waals surface area contributed by atoms with E-state index in [2.05, 4.69) is 36.4 Å². The Hall–Kier alpha value is -1.31. The van der Waals surface area contributed by atoms with E-state index >= 15 is 0 Å². The van der Waals surface area contributed by atoms with Gasteiger partial charge in [0.2, 0.25) is 0 Å². The molecule has 3 aromatic rings. The second kappa shape index (κ2) is 6.06. The van der Waals surface area contributed by atoms with Crippen molar-refractivity contribution in [3.05, 3.63) is 37.6 Å². The number of rotatable bonds is 3. The van der Waals surface area contributed by atoms with Gasteiger partial charge in [0.25, 0.3) is 0 Å². The smallest absolute Gasteiger partial charge is 0.158 e. The van der Waals surface area contributed by atoms with Crippen LogP contribution in [0.15, 0.2) is 27.3 Å². The Bertz CT molecular complexity index is 852. The predicted octanol–water partition coefficient (Wildman–Crippen LogP) is 4.84. The molecule has 1 aliphatic rings. The van der Waals surface area contributed by atoms with Crippen LogP contribution in [0.2, 0.25) is 0 Å². The first-order valence-corrected chi connectivity index (χ1v) is 9.58. The number of halogens is 1. The molecule has 4 nitrogen and oxygen atoms in total. The maximum Gasteiger partial charge on any atom is 0.158 e. The van der Waals surface area contributed by atoms with Crippen LogP contribution in [0, 0.1) is 0 Å². The Labute approximate surface area is 144 Å². The molecule has 0 atom stereocenters. The summed E-state index contributed by atoms with van der Waals surface area (Å²) >= 11 is 6.89. The third kappa shape index (κ3) is 2.68. The van der Waals surface area contributed by atoms with Gasteiger partial charge in [-0.25, -0.2) is 9.97 Å². The average molecular weight is 393 g/mol. The van der Waals surface area contributed by atoms with E-state index in [4.69, 9.17) is 0 Å². The summed E-state index contributed by atoms with van der Waals surface area (Å²) in [7, 11) is 0. The van der Waals surface area contributed by atoms with Crippen molar-refractivity contribution < 1.29 is 0 Å². The highest BCUT2D eigenvalue weighted by molar-refractivity contribution is 9.10. The van der Waals surface area contributed by atoms with Crippen LogP contribution in [0.3, 0.4) is 0 Å². The molecule has 0 saturated heterocycles. The largest absolute Gasteiger partial charge is 0.261 e. The number of thiophene rings is 2. The first kappa shape index (κ1) is 14.3. The number of aromatic nitrogens is 2. The second-order valence-electron chi connectivity index (χ2n) is 5.15. The first-order valence-electron chi connectivity index (χ1n) is 7.09. The average Bonchev–Trinajstić information content (AvgIpc) is 3.11. The summed E-state index contributed by atoms with van der Waals surface area (Å²) in [4.78, 5) is 12.4. The van der Waals surface area contributed by atoms with E-state index in [0.717, 1.165) is 31.8 Å². The van der Waals surface area contributed by atoms with E-state index in [1.54, 1.807) is 29.0 Å². The summed E-state index contributed by atoms with van der Waals surface area (Å²) in [5, 5.41) is 7.53. The molecule has 0 radical (unpaired) electrons. The van der Waals surface area contributed by atoms with E-state index in [1.807, 2.05) is 17.7 Å². The topological polar surface area (TPSA) is 50.2 Å². The van der Waals surface area contributed by atoms with Crippen LogP contribution in [-0.4, -0.2) is 16.2 Å². The quantitative estimate of drug-likeness (QED) is 0.512. The van der Waals surface area contributed by atoms with Crippen molar-refractivity contribution in [2.45, 2.75) is 25.7 Å². The highest BCUT2D eigenvalue weighted by atomic mass is 79.9. The van der Waals surface area contributed by atoms with Gasteiger partial charge in [0.05, 0.1) is 11.6 Å². The SMILES string of the molecule is Brc1csc(C=NNc2ncnc3sc4c(c23)CCCC4)c1. The van der Waals surface area contributed by atoms with Crippen molar-refractivity contribution in [1.29, 1.82) is 0 Å². The molecule has 0 bridgehead atoms. The minimum absolute atomic E-state index is 0.816. The molecule has 0 aliphatic heterocycles. The number of fused-ring (bicyclic) bond motifs is 3. The summed E-state index contributed by atoms with van der Waals surface area (Å²) in [6, 6.07) is 2.04. The first-order chi connectivity index (χ1) is 10.8. The summed E-state index contributed by atoms with van der Waals surface area (Å²) in [5.74, 6) is 0.816. The normalized spacial score (nSPS) is 14.6. The van der Waals surface area contributed by atoms with E-state index in [9.17, 15) is 0 Å². The Morgan fingerprint density at radius 1 is 1.27 bits per heavy atom. The highest BCUT2D eigenvalue weighted by Gasteiger charge is 2.19. The van der Waals surface area contributed by atoms with Crippen molar-refractivity contribution in [2.24, 2.45) is 5.10 Å². The lowest BCUT2D eigenvalue weighted by Gasteiger charge is -2.11. The van der Waals surface area contributed by atoms with Gasteiger partial charge in [0.1, 0.15) is 11.2 Å². The van der Waals surface area contributed by atoms with Crippen LogP contribution >= 0.6 is 38.6 Å². The maximum absolute atomic E-state index is 4.43. The molecule has 0 spiro atoms. The summed E-state index contributed by atoms with van der Waals surface area (Å²) < 4.78 is 1.08. The molecule has 0 amide bonds. The van der Waals surface area contributed by atoms with Gasteiger partial charge in [-0.3, -0.25) is 5.43 Å². The Morgan fingerprint density at radius 3 is 3.05 bits per heavy atom. The van der Waals surface area contributed by atoms with Crippen molar-refractivity contribution in [1.82, 2.24) is 9.97 Å². The van der Waals surface area contributed by atoms with Gasteiger partial charge in [0.15, 0.2) is 5.82 Å². The number of anilines is 1. The van der Waals surface area contributed by atoms with E-state index in [1.165, 1.54) is 29.7 Å². The highest BCUT2D eigenvalue weighted by Crippen LogP contribution is 2.38. The molecule has 1 N–H and O–H groups in total. The van der Waals surface area contributed by atoms with Gasteiger partial charge in [-0.2, -0.15) is 5.10 Å². The standard InChI is InChI=1S/C15H13BrN4S2/c16-9-5-10(21-7-9)6-19-20-14-13-11-3-1-2-4-12(11)22-15(13)18-8-17-14/h5-8H,1-4H2,(H,17,18,20). The van der Waals surface area contributed by atoms with Crippen LogP contribution in [-0.2, 0) is 12.8 Å². The minimum Gasteiger partial charge on any atom is -0.261 e. The molecule has 1 aliphatic carbocycles. The third-order valence-corrected chi connectivity index (χ3v) is 6.53. The number of hydrogen-bond acceptors (Lipinski definition) is 6. The van der Waals surface area contributed by atoms with Gasteiger partial charge >= 0.3 is 0 Å². The molecule has 3 aromatic heterocycles. The lowest BCUT2D eigenvalue weighted by atomic mass is 9.97. The van der Waals surface area contributed by atoms with Gasteiger partial charge in [-0.15, -0.1) is 22.7 Å². The molecule has 22 heavy (non-hydrogen) atoms. The van der Waals surface area contributed by atoms with Gasteiger partial charge < -0.3 is 0 Å². The van der Waals surface area contributed by atoms with Gasteiger partial charge in [-0.1, -0.05) is 0 Å². The molecule has 3 heterocycles. The predicted molar refractivity (Wildman–Crippen MR) is 97.3 cm³/mol. The molecule has 0 unspecified atom stereocenters. The Balaban J connectivity index is 1.66. The zero-order chi connectivity index (χ0) is 14.9. The van der Waals surface area contributed by atoms with Crippen molar-refractivity contribution in [3.8, 4) is 0 Å². The van der Waals surface area contributed by atoms with Crippen LogP contribution < -0.4 is 5.43 Å². The maximum atomic E-state index is 4.43. The molecular weight excluding hydrogens is 380 g/mol. The second-order valence-corrected chi connectivity index (χ2v) is 8.09. The molecule has 7 heteroatoms. The van der Waals surface area contributed by atoms with Crippen LogP contribution in [0.5, 0.6) is 0 Å². The Morgan fingerprint density at radius 2 is 2.18 bits per heavy atom. The fourth-order valence-electron chi connectivity index (χ4n) is 2.73. The summed E-state index contributed by atoms with van der Waals surface area (Å²) in [5.41, 5.74) is 4.52. The van der Waals surface area contributed by atoms with Crippen molar-refractivity contribution in [2.75, 3.05) is 5.43 Å². The molecule has 0 aromatic carbocycles. The number of hydrogen-bond donors (Lipinski definition) is 1. The van der Waals surface area contributed by atoms with Crippen LogP contribution in [0.4, 0.5) is 5.82 Å². The summed E-state index contributed by atoms with van der Waals surface area (Å²) in [6.45, 7) is 0. The van der Waals surface area contributed by atoms with Crippen molar-refractivity contribution in [3.63, 3.8) is 0 Å². The number of aryl methyl sites for hydroxylation is 2. The zero-order valence-corrected chi connectivity index (χ0v) is 14.9. The van der Waals surface area contributed by atoms with Crippen LogP contribution in [0.1, 0.15) is 28.2 Å². The van der Waals surface area contributed by atoms with E-state index in [-0.39, 0.29) is 0 Å². The number of nitrogens with zero attached hydrogens (tertiary/aromatic N) is 3. The number of nitrogens with one attached hydrogen (secondary N) is 1. The van der Waals surface area contributed by atoms with Crippen molar-refractivity contribution >= 4 is 60.9 Å². The molecule has 0 fully saturated rings. The molecule has 0 saturated carbocycles. The lowest BCUT2D eigenvalue weighted by Crippen LogP contribution is -2.00. The Kier molecular flexibility index (Phi) is 3.94. The summed E-state index contributed by atoms with van der Waals surface area (Å²) in [6.07, 6.45) is 8.26. The fourth-order valence-corrected chi connectivity index (χ4v) is 5.26. The minimum atomic E-state index is 0.816. The lowest BCUT2D eigenvalue weighted by molar-refractivity contribution is 0.700. The fraction of sp³-hybridized carbons (Fsp3) is 0.267. The van der Waals surface area contributed by atoms with E-state index in [0.29, 0.717) is 0 Å². The molecule has 112 valence electrons. The van der Waals surface area contributed by atoms with Crippen LogP contribution in [0.25, 0.3) is 10.2 Å². The monoisotopic (exact) mass is 392 g/mol.